The van der Waals surface area contributed by atoms with E-state index in [0.717, 1.165) is 0 Å². The van der Waals surface area contributed by atoms with Crippen LogP contribution in [0.2, 0.25) is 0 Å². The second-order valence-corrected chi connectivity index (χ2v) is 5.29. The van der Waals surface area contributed by atoms with Crippen LogP contribution >= 0.6 is 0 Å². The molecule has 0 aliphatic carbocycles. The highest BCUT2D eigenvalue weighted by atomic mass is 32.2. The number of nitriles is 1. The van der Waals surface area contributed by atoms with Crippen LogP contribution in [-0.2, 0) is 16.3 Å². The van der Waals surface area contributed by atoms with Crippen LogP contribution in [-0.4, -0.2) is 25.4 Å². The van der Waals surface area contributed by atoms with E-state index >= 15 is 0 Å². The van der Waals surface area contributed by atoms with Gasteiger partial charge in [-0.1, -0.05) is 0 Å². The molecule has 1 aromatic rings. The number of nitrogens with zero attached hydrogens (tertiary/aromatic N) is 2. The van der Waals surface area contributed by atoms with Gasteiger partial charge in [-0.2, -0.15) is 5.26 Å². The Labute approximate surface area is 83.1 Å². The third-order valence-electron chi connectivity index (χ3n) is 1.68. The minimum atomic E-state index is -2.94. The molecule has 0 radical (unpaired) electrons. The Bertz CT molecular complexity index is 443. The molecule has 0 saturated carbocycles. The first kappa shape index (κ1) is 10.7. The van der Waals surface area contributed by atoms with Gasteiger partial charge in [-0.15, -0.1) is 0 Å². The van der Waals surface area contributed by atoms with Gasteiger partial charge in [0.25, 0.3) is 0 Å². The summed E-state index contributed by atoms with van der Waals surface area (Å²) in [6, 6.07) is 5.25. The van der Waals surface area contributed by atoms with E-state index in [1.807, 2.05) is 6.07 Å². The molecule has 0 bridgehead atoms. The lowest BCUT2D eigenvalue weighted by atomic mass is 10.2. The molecule has 0 unspecified atom stereocenters. The molecule has 0 saturated heterocycles. The number of aryl methyl sites for hydroxylation is 1. The van der Waals surface area contributed by atoms with Crippen molar-refractivity contribution >= 4 is 9.84 Å². The molecule has 1 rings (SSSR count). The minimum Gasteiger partial charge on any atom is -0.260 e. The largest absolute Gasteiger partial charge is 0.260 e. The van der Waals surface area contributed by atoms with Gasteiger partial charge in [0.2, 0.25) is 0 Å². The maximum Gasteiger partial charge on any atom is 0.147 e. The second-order valence-electron chi connectivity index (χ2n) is 3.03. The van der Waals surface area contributed by atoms with E-state index in [9.17, 15) is 8.42 Å². The summed E-state index contributed by atoms with van der Waals surface area (Å²) in [4.78, 5) is 3.97. The molecule has 0 fully saturated rings. The lowest BCUT2D eigenvalue weighted by molar-refractivity contribution is 0.601. The molecule has 0 spiro atoms. The highest BCUT2D eigenvalue weighted by molar-refractivity contribution is 7.90. The highest BCUT2D eigenvalue weighted by Crippen LogP contribution is 2.00. The molecule has 5 heteroatoms. The van der Waals surface area contributed by atoms with Crippen LogP contribution in [0.25, 0.3) is 0 Å². The van der Waals surface area contributed by atoms with E-state index in [4.69, 9.17) is 5.26 Å². The van der Waals surface area contributed by atoms with Crippen LogP contribution in [0.5, 0.6) is 0 Å². The highest BCUT2D eigenvalue weighted by Gasteiger charge is 2.03. The van der Waals surface area contributed by atoms with Gasteiger partial charge in [0, 0.05) is 24.6 Å². The number of sulfone groups is 1. The zero-order valence-electron chi connectivity index (χ0n) is 7.77. The zero-order chi connectivity index (χ0) is 10.6. The van der Waals surface area contributed by atoms with Crippen molar-refractivity contribution in [2.75, 3.05) is 12.0 Å². The van der Waals surface area contributed by atoms with Gasteiger partial charge in [-0.3, -0.25) is 4.98 Å². The van der Waals surface area contributed by atoms with E-state index in [2.05, 4.69) is 4.98 Å². The van der Waals surface area contributed by atoms with Crippen molar-refractivity contribution < 1.29 is 8.42 Å². The number of pyridine rings is 1. The Kier molecular flexibility index (Phi) is 3.20. The molecule has 0 N–H and O–H groups in total. The fourth-order valence-corrected chi connectivity index (χ4v) is 1.51. The van der Waals surface area contributed by atoms with Crippen molar-refractivity contribution in [3.63, 3.8) is 0 Å². The second kappa shape index (κ2) is 4.20. The predicted molar refractivity (Wildman–Crippen MR) is 52.4 cm³/mol. The lowest BCUT2D eigenvalue weighted by Crippen LogP contribution is -2.06. The Balaban J connectivity index is 2.67. The molecule has 0 aliphatic rings. The summed E-state index contributed by atoms with van der Waals surface area (Å²) < 4.78 is 21.7. The van der Waals surface area contributed by atoms with Crippen molar-refractivity contribution in [2.24, 2.45) is 0 Å². The van der Waals surface area contributed by atoms with Gasteiger partial charge in [0.05, 0.1) is 11.3 Å². The minimum absolute atomic E-state index is 0.0892. The maximum atomic E-state index is 10.8. The predicted octanol–water partition coefficient (Wildman–Crippen LogP) is 0.540. The molecule has 1 heterocycles. The maximum absolute atomic E-state index is 10.8. The topological polar surface area (TPSA) is 70.8 Å². The zero-order valence-corrected chi connectivity index (χ0v) is 8.58. The summed E-state index contributed by atoms with van der Waals surface area (Å²) in [6.07, 6.45) is 3.03. The monoisotopic (exact) mass is 210 g/mol. The molecule has 4 nitrogen and oxygen atoms in total. The first-order valence-corrected chi connectivity index (χ1v) is 6.10. The van der Waals surface area contributed by atoms with Gasteiger partial charge in [-0.05, 0) is 12.1 Å². The van der Waals surface area contributed by atoms with Crippen LogP contribution in [0.3, 0.4) is 0 Å². The van der Waals surface area contributed by atoms with Crippen LogP contribution in [0, 0.1) is 11.3 Å². The third-order valence-corrected chi connectivity index (χ3v) is 2.63. The summed E-state index contributed by atoms with van der Waals surface area (Å²) in [5.41, 5.74) is 1.17. The van der Waals surface area contributed by atoms with Gasteiger partial charge >= 0.3 is 0 Å². The fraction of sp³-hybridized carbons (Fsp3) is 0.333. The van der Waals surface area contributed by atoms with Crippen LogP contribution in [0.4, 0.5) is 0 Å². The van der Waals surface area contributed by atoms with Crippen molar-refractivity contribution in [2.45, 2.75) is 6.42 Å². The van der Waals surface area contributed by atoms with Gasteiger partial charge < -0.3 is 0 Å². The molecule has 14 heavy (non-hydrogen) atoms. The van der Waals surface area contributed by atoms with Crippen LogP contribution < -0.4 is 0 Å². The quantitative estimate of drug-likeness (QED) is 0.730. The van der Waals surface area contributed by atoms with Gasteiger partial charge in [0.15, 0.2) is 0 Å². The SMILES string of the molecule is CS(=O)(=O)CCc1ccc(C#N)cn1. The summed E-state index contributed by atoms with van der Waals surface area (Å²) in [5.74, 6) is 0.0892. The molecule has 1 aromatic heterocycles. The average Bonchev–Trinajstić information content (AvgIpc) is 2.14. The summed E-state index contributed by atoms with van der Waals surface area (Å²) in [7, 11) is -2.94. The van der Waals surface area contributed by atoms with E-state index < -0.39 is 9.84 Å². The molecule has 0 aliphatic heterocycles. The van der Waals surface area contributed by atoms with Crippen LogP contribution in [0.15, 0.2) is 18.3 Å². The van der Waals surface area contributed by atoms with E-state index in [1.54, 1.807) is 12.1 Å². The number of hydrogen-bond acceptors (Lipinski definition) is 4. The van der Waals surface area contributed by atoms with Crippen molar-refractivity contribution in [3.05, 3.63) is 29.6 Å². The van der Waals surface area contributed by atoms with E-state index in [-0.39, 0.29) is 5.75 Å². The Hall–Kier alpha value is -1.41. The van der Waals surface area contributed by atoms with Gasteiger partial charge in [0.1, 0.15) is 15.9 Å². The number of rotatable bonds is 3. The molecule has 74 valence electrons. The first-order valence-electron chi connectivity index (χ1n) is 4.04. The molecule has 0 atom stereocenters. The normalized spacial score (nSPS) is 10.9. The van der Waals surface area contributed by atoms with Gasteiger partial charge in [-0.25, -0.2) is 8.42 Å². The number of aromatic nitrogens is 1. The lowest BCUT2D eigenvalue weighted by Gasteiger charge is -1.98. The summed E-state index contributed by atoms with van der Waals surface area (Å²) >= 11 is 0. The molecule has 0 aromatic carbocycles. The summed E-state index contributed by atoms with van der Waals surface area (Å²) in [5, 5.41) is 8.50. The van der Waals surface area contributed by atoms with E-state index in [0.29, 0.717) is 17.7 Å². The average molecular weight is 210 g/mol. The fourth-order valence-electron chi connectivity index (χ4n) is 0.928. The van der Waals surface area contributed by atoms with Crippen molar-refractivity contribution in [3.8, 4) is 6.07 Å². The standard InChI is InChI=1S/C9H10N2O2S/c1-14(12,13)5-4-9-3-2-8(6-10)7-11-9/h2-3,7H,4-5H2,1H3. The van der Waals surface area contributed by atoms with Crippen molar-refractivity contribution in [1.82, 2.24) is 4.98 Å². The molecule has 0 amide bonds. The Morgan fingerprint density at radius 1 is 1.50 bits per heavy atom. The summed E-state index contributed by atoms with van der Waals surface area (Å²) in [6.45, 7) is 0. The Morgan fingerprint density at radius 3 is 2.64 bits per heavy atom. The molecular formula is C9H10N2O2S. The first-order chi connectivity index (χ1) is 6.51. The third kappa shape index (κ3) is 3.54. The Morgan fingerprint density at radius 2 is 2.21 bits per heavy atom. The number of hydrogen-bond donors (Lipinski definition) is 0. The smallest absolute Gasteiger partial charge is 0.147 e. The van der Waals surface area contributed by atoms with Crippen LogP contribution in [0.1, 0.15) is 11.3 Å². The van der Waals surface area contributed by atoms with E-state index in [1.165, 1.54) is 12.5 Å². The van der Waals surface area contributed by atoms with Crippen molar-refractivity contribution in [1.29, 1.82) is 5.26 Å². The molecular weight excluding hydrogens is 200 g/mol.